The topological polar surface area (TPSA) is 68.1 Å². The number of benzene rings is 1. The fourth-order valence-electron chi connectivity index (χ4n) is 1.90. The Labute approximate surface area is 115 Å². The van der Waals surface area contributed by atoms with E-state index in [0.717, 1.165) is 21.8 Å². The van der Waals surface area contributed by atoms with Crippen molar-refractivity contribution in [2.45, 2.75) is 27.3 Å². The first-order chi connectivity index (χ1) is 8.99. The van der Waals surface area contributed by atoms with E-state index in [1.807, 2.05) is 19.9 Å². The Morgan fingerprint density at radius 2 is 2.05 bits per heavy atom. The molecule has 0 amide bonds. The molecule has 1 aromatic heterocycles. The zero-order chi connectivity index (χ0) is 14.0. The van der Waals surface area contributed by atoms with Crippen molar-refractivity contribution in [1.82, 2.24) is 4.98 Å². The first-order valence-electron chi connectivity index (χ1n) is 5.87. The quantitative estimate of drug-likeness (QED) is 0.685. The van der Waals surface area contributed by atoms with Crippen molar-refractivity contribution < 1.29 is 4.92 Å². The van der Waals surface area contributed by atoms with Crippen molar-refractivity contribution in [2.24, 2.45) is 0 Å². The number of anilines is 1. The van der Waals surface area contributed by atoms with Crippen molar-refractivity contribution in [3.05, 3.63) is 49.5 Å². The molecule has 1 heterocycles. The largest absolute Gasteiger partial charge is 0.380 e. The molecular weight excluding hydrogens is 262 g/mol. The highest BCUT2D eigenvalue weighted by atomic mass is 32.1. The number of hydrogen-bond acceptors (Lipinski definition) is 5. The lowest BCUT2D eigenvalue weighted by atomic mass is 10.1. The van der Waals surface area contributed by atoms with Gasteiger partial charge in [0.2, 0.25) is 0 Å². The second-order valence-corrected chi connectivity index (χ2v) is 5.36. The minimum Gasteiger partial charge on any atom is -0.380 e. The van der Waals surface area contributed by atoms with Gasteiger partial charge in [0.1, 0.15) is 0 Å². The van der Waals surface area contributed by atoms with E-state index >= 15 is 0 Å². The number of nitro groups is 1. The highest BCUT2D eigenvalue weighted by Gasteiger charge is 2.13. The zero-order valence-corrected chi connectivity index (χ0v) is 11.9. The number of rotatable bonds is 4. The minimum absolute atomic E-state index is 0.147. The van der Waals surface area contributed by atoms with Gasteiger partial charge in [0.15, 0.2) is 0 Å². The predicted octanol–water partition coefficient (Wildman–Crippen LogP) is 3.59. The van der Waals surface area contributed by atoms with Gasteiger partial charge in [-0.1, -0.05) is 0 Å². The third-order valence-corrected chi connectivity index (χ3v) is 3.96. The summed E-state index contributed by atoms with van der Waals surface area (Å²) in [5.41, 5.74) is 5.43. The van der Waals surface area contributed by atoms with Gasteiger partial charge in [-0.3, -0.25) is 10.1 Å². The number of nitrogens with zero attached hydrogens (tertiary/aromatic N) is 2. The molecular formula is C13H15N3O2S. The SMILES string of the molecule is Cc1cc(C)c([N+](=O)[O-])cc1NCc1scnc1C. The van der Waals surface area contributed by atoms with Crippen molar-refractivity contribution in [1.29, 1.82) is 0 Å². The fourth-order valence-corrected chi connectivity index (χ4v) is 2.62. The average Bonchev–Trinajstić information content (AvgIpc) is 2.73. The Hall–Kier alpha value is -1.95. The van der Waals surface area contributed by atoms with Gasteiger partial charge in [0.25, 0.3) is 5.69 Å². The summed E-state index contributed by atoms with van der Waals surface area (Å²) >= 11 is 1.58. The maximum absolute atomic E-state index is 10.9. The monoisotopic (exact) mass is 277 g/mol. The Kier molecular flexibility index (Phi) is 3.80. The lowest BCUT2D eigenvalue weighted by Gasteiger charge is -2.10. The van der Waals surface area contributed by atoms with Crippen LogP contribution < -0.4 is 5.32 Å². The van der Waals surface area contributed by atoms with E-state index < -0.39 is 0 Å². The van der Waals surface area contributed by atoms with Gasteiger partial charge in [0.05, 0.1) is 22.7 Å². The molecule has 0 bridgehead atoms. The summed E-state index contributed by atoms with van der Waals surface area (Å²) in [6, 6.07) is 3.43. The predicted molar refractivity (Wildman–Crippen MR) is 76.7 cm³/mol. The second kappa shape index (κ2) is 5.36. The van der Waals surface area contributed by atoms with Crippen LogP contribution in [0.2, 0.25) is 0 Å². The van der Waals surface area contributed by atoms with Crippen LogP contribution in [0.1, 0.15) is 21.7 Å². The van der Waals surface area contributed by atoms with Gasteiger partial charge >= 0.3 is 0 Å². The summed E-state index contributed by atoms with van der Waals surface area (Å²) in [7, 11) is 0. The van der Waals surface area contributed by atoms with Crippen LogP contribution in [0, 0.1) is 30.9 Å². The first-order valence-corrected chi connectivity index (χ1v) is 6.75. The summed E-state index contributed by atoms with van der Waals surface area (Å²) in [5.74, 6) is 0. The summed E-state index contributed by atoms with van der Waals surface area (Å²) in [6.07, 6.45) is 0. The molecule has 0 aliphatic heterocycles. The molecule has 1 aromatic carbocycles. The normalized spacial score (nSPS) is 10.5. The Bertz CT molecular complexity index is 622. The summed E-state index contributed by atoms with van der Waals surface area (Å²) in [4.78, 5) is 15.9. The van der Waals surface area contributed by atoms with Gasteiger partial charge < -0.3 is 5.32 Å². The molecule has 2 aromatic rings. The van der Waals surface area contributed by atoms with Crippen molar-refractivity contribution in [2.75, 3.05) is 5.32 Å². The van der Waals surface area contributed by atoms with Crippen LogP contribution in [0.15, 0.2) is 17.6 Å². The molecule has 0 aliphatic rings. The van der Waals surface area contributed by atoms with E-state index in [9.17, 15) is 10.1 Å². The number of aromatic nitrogens is 1. The Morgan fingerprint density at radius 3 is 2.63 bits per heavy atom. The summed E-state index contributed by atoms with van der Waals surface area (Å²) in [6.45, 7) is 6.29. The average molecular weight is 277 g/mol. The molecule has 0 fully saturated rings. The first kappa shape index (κ1) is 13.5. The van der Waals surface area contributed by atoms with Crippen LogP contribution in [-0.2, 0) is 6.54 Å². The summed E-state index contributed by atoms with van der Waals surface area (Å²) < 4.78 is 0. The van der Waals surface area contributed by atoms with Crippen LogP contribution in [0.25, 0.3) is 0 Å². The van der Waals surface area contributed by atoms with Gasteiger partial charge in [-0.25, -0.2) is 4.98 Å². The molecule has 0 unspecified atom stereocenters. The molecule has 5 nitrogen and oxygen atoms in total. The minimum atomic E-state index is -0.349. The molecule has 0 radical (unpaired) electrons. The van der Waals surface area contributed by atoms with E-state index in [0.29, 0.717) is 12.1 Å². The fraction of sp³-hybridized carbons (Fsp3) is 0.308. The number of nitrogens with one attached hydrogen (secondary N) is 1. The van der Waals surface area contributed by atoms with Gasteiger partial charge in [-0.05, 0) is 32.4 Å². The van der Waals surface area contributed by atoms with Crippen LogP contribution in [0.5, 0.6) is 0 Å². The third-order valence-electron chi connectivity index (χ3n) is 3.02. The molecule has 100 valence electrons. The van der Waals surface area contributed by atoms with E-state index in [-0.39, 0.29) is 10.6 Å². The van der Waals surface area contributed by atoms with E-state index in [4.69, 9.17) is 0 Å². The second-order valence-electron chi connectivity index (χ2n) is 4.43. The van der Waals surface area contributed by atoms with Crippen molar-refractivity contribution >= 4 is 22.7 Å². The molecule has 19 heavy (non-hydrogen) atoms. The molecule has 0 spiro atoms. The van der Waals surface area contributed by atoms with Crippen LogP contribution >= 0.6 is 11.3 Å². The number of thiazole rings is 1. The smallest absolute Gasteiger partial charge is 0.274 e. The summed E-state index contributed by atoms with van der Waals surface area (Å²) in [5, 5.41) is 14.2. The van der Waals surface area contributed by atoms with Gasteiger partial charge in [-0.2, -0.15) is 0 Å². The Morgan fingerprint density at radius 1 is 1.32 bits per heavy atom. The highest BCUT2D eigenvalue weighted by Crippen LogP contribution is 2.27. The molecule has 0 saturated heterocycles. The third kappa shape index (κ3) is 2.90. The molecule has 2 rings (SSSR count). The number of aryl methyl sites for hydroxylation is 3. The molecule has 0 atom stereocenters. The molecule has 0 aliphatic carbocycles. The van der Waals surface area contributed by atoms with Crippen molar-refractivity contribution in [3.8, 4) is 0 Å². The zero-order valence-electron chi connectivity index (χ0n) is 11.1. The van der Waals surface area contributed by atoms with Crippen LogP contribution in [-0.4, -0.2) is 9.91 Å². The number of nitro benzene ring substituents is 1. The lowest BCUT2D eigenvalue weighted by Crippen LogP contribution is -2.03. The Balaban J connectivity index is 2.23. The van der Waals surface area contributed by atoms with E-state index in [1.54, 1.807) is 29.8 Å². The highest BCUT2D eigenvalue weighted by molar-refractivity contribution is 7.09. The van der Waals surface area contributed by atoms with Crippen LogP contribution in [0.4, 0.5) is 11.4 Å². The van der Waals surface area contributed by atoms with Gasteiger partial charge in [0, 0.05) is 22.2 Å². The van der Waals surface area contributed by atoms with E-state index in [2.05, 4.69) is 10.3 Å². The standard InChI is InChI=1S/C13H15N3O2S/c1-8-4-9(2)12(16(17)18)5-11(8)14-6-13-10(3)15-7-19-13/h4-5,7,14H,6H2,1-3H3. The van der Waals surface area contributed by atoms with Crippen molar-refractivity contribution in [3.63, 3.8) is 0 Å². The molecule has 0 saturated carbocycles. The maximum atomic E-state index is 10.9. The lowest BCUT2D eigenvalue weighted by molar-refractivity contribution is -0.385. The molecule has 1 N–H and O–H groups in total. The van der Waals surface area contributed by atoms with E-state index in [1.165, 1.54) is 0 Å². The number of hydrogen-bond donors (Lipinski definition) is 1. The van der Waals surface area contributed by atoms with Gasteiger partial charge in [-0.15, -0.1) is 11.3 Å². The van der Waals surface area contributed by atoms with Crippen LogP contribution in [0.3, 0.4) is 0 Å². The molecule has 6 heteroatoms. The maximum Gasteiger partial charge on any atom is 0.274 e.